The highest BCUT2D eigenvalue weighted by Crippen LogP contribution is 2.17. The Hall–Kier alpha value is -0.830. The highest BCUT2D eigenvalue weighted by Gasteiger charge is 2.09. The minimum Gasteiger partial charge on any atom is -0.365 e. The SMILES string of the molecule is CC(C)CC(C)Nc1ncc(Cl)cc1F. The van der Waals surface area contributed by atoms with Gasteiger partial charge in [-0.25, -0.2) is 9.37 Å². The normalized spacial score (nSPS) is 12.9. The Morgan fingerprint density at radius 1 is 1.47 bits per heavy atom. The van der Waals surface area contributed by atoms with E-state index in [1.807, 2.05) is 6.92 Å². The van der Waals surface area contributed by atoms with Crippen LogP contribution in [0.2, 0.25) is 5.02 Å². The fourth-order valence-corrected chi connectivity index (χ4v) is 1.66. The molecule has 1 rings (SSSR count). The van der Waals surface area contributed by atoms with Crippen molar-refractivity contribution in [3.8, 4) is 0 Å². The molecule has 0 saturated heterocycles. The molecule has 1 N–H and O–H groups in total. The number of nitrogens with one attached hydrogen (secondary N) is 1. The van der Waals surface area contributed by atoms with E-state index in [4.69, 9.17) is 11.6 Å². The number of anilines is 1. The van der Waals surface area contributed by atoms with Gasteiger partial charge in [-0.05, 0) is 25.3 Å². The number of rotatable bonds is 4. The lowest BCUT2D eigenvalue weighted by Crippen LogP contribution is -2.19. The fraction of sp³-hybridized carbons (Fsp3) is 0.545. The summed E-state index contributed by atoms with van der Waals surface area (Å²) in [6.45, 7) is 6.27. The van der Waals surface area contributed by atoms with Gasteiger partial charge in [0.2, 0.25) is 0 Å². The first kappa shape index (κ1) is 12.2. The minimum atomic E-state index is -0.405. The van der Waals surface area contributed by atoms with E-state index in [0.29, 0.717) is 10.9 Å². The summed E-state index contributed by atoms with van der Waals surface area (Å²) in [7, 11) is 0. The quantitative estimate of drug-likeness (QED) is 0.853. The molecule has 4 heteroatoms. The number of hydrogen-bond acceptors (Lipinski definition) is 2. The second kappa shape index (κ2) is 5.31. The molecular formula is C11H16ClFN2. The molecule has 0 aromatic carbocycles. The van der Waals surface area contributed by atoms with Crippen LogP contribution in [0, 0.1) is 11.7 Å². The molecular weight excluding hydrogens is 215 g/mol. The summed E-state index contributed by atoms with van der Waals surface area (Å²) < 4.78 is 13.3. The second-order valence-corrected chi connectivity index (χ2v) is 4.60. The Labute approximate surface area is 94.9 Å². The first-order valence-electron chi connectivity index (χ1n) is 5.06. The Balaban J connectivity index is 2.64. The maximum absolute atomic E-state index is 13.3. The lowest BCUT2D eigenvalue weighted by Gasteiger charge is -2.16. The van der Waals surface area contributed by atoms with Gasteiger partial charge < -0.3 is 5.32 Å². The zero-order valence-corrected chi connectivity index (χ0v) is 9.98. The van der Waals surface area contributed by atoms with Gasteiger partial charge >= 0.3 is 0 Å². The van der Waals surface area contributed by atoms with Crippen molar-refractivity contribution in [1.82, 2.24) is 4.98 Å². The third kappa shape index (κ3) is 4.04. The highest BCUT2D eigenvalue weighted by atomic mass is 35.5. The van der Waals surface area contributed by atoms with Crippen molar-refractivity contribution in [2.75, 3.05) is 5.32 Å². The van der Waals surface area contributed by atoms with Crippen LogP contribution in [0.3, 0.4) is 0 Å². The van der Waals surface area contributed by atoms with Gasteiger partial charge in [0, 0.05) is 12.2 Å². The van der Waals surface area contributed by atoms with Crippen LogP contribution in [0.1, 0.15) is 27.2 Å². The van der Waals surface area contributed by atoms with Crippen LogP contribution in [-0.4, -0.2) is 11.0 Å². The van der Waals surface area contributed by atoms with E-state index in [1.54, 1.807) is 0 Å². The molecule has 0 amide bonds. The molecule has 1 unspecified atom stereocenters. The van der Waals surface area contributed by atoms with Gasteiger partial charge in [0.15, 0.2) is 11.6 Å². The number of hydrogen-bond donors (Lipinski definition) is 1. The monoisotopic (exact) mass is 230 g/mol. The van der Waals surface area contributed by atoms with Crippen molar-refractivity contribution < 1.29 is 4.39 Å². The van der Waals surface area contributed by atoms with Crippen LogP contribution >= 0.6 is 11.6 Å². The van der Waals surface area contributed by atoms with Gasteiger partial charge in [-0.2, -0.15) is 0 Å². The maximum atomic E-state index is 13.3. The standard InChI is InChI=1S/C11H16ClFN2/c1-7(2)4-8(3)15-11-10(13)5-9(12)6-14-11/h5-8H,4H2,1-3H3,(H,14,15). The Morgan fingerprint density at radius 2 is 2.13 bits per heavy atom. The summed E-state index contributed by atoms with van der Waals surface area (Å²) in [5.74, 6) is 0.438. The van der Waals surface area contributed by atoms with Crippen LogP contribution in [0.15, 0.2) is 12.3 Å². The molecule has 0 fully saturated rings. The largest absolute Gasteiger partial charge is 0.365 e. The van der Waals surface area contributed by atoms with Crippen LogP contribution in [0.5, 0.6) is 0 Å². The summed E-state index contributed by atoms with van der Waals surface area (Å²) in [4.78, 5) is 3.91. The molecule has 0 spiro atoms. The third-order valence-corrected chi connectivity index (χ3v) is 2.22. The number of halogens is 2. The fourth-order valence-electron chi connectivity index (χ4n) is 1.52. The summed E-state index contributed by atoms with van der Waals surface area (Å²) >= 11 is 5.61. The summed E-state index contributed by atoms with van der Waals surface area (Å²) in [5.41, 5.74) is 0. The number of pyridine rings is 1. The van der Waals surface area contributed by atoms with E-state index in [1.165, 1.54) is 12.3 Å². The molecule has 2 nitrogen and oxygen atoms in total. The molecule has 1 heterocycles. The van der Waals surface area contributed by atoms with Gasteiger partial charge in [-0.3, -0.25) is 0 Å². The number of nitrogens with zero attached hydrogens (tertiary/aromatic N) is 1. The molecule has 0 bridgehead atoms. The van der Waals surface area contributed by atoms with Crippen LogP contribution in [0.25, 0.3) is 0 Å². The highest BCUT2D eigenvalue weighted by molar-refractivity contribution is 6.30. The van der Waals surface area contributed by atoms with Crippen LogP contribution < -0.4 is 5.32 Å². The molecule has 1 aromatic rings. The first-order chi connectivity index (χ1) is 6.99. The van der Waals surface area contributed by atoms with Crippen LogP contribution in [-0.2, 0) is 0 Å². The van der Waals surface area contributed by atoms with Crippen molar-refractivity contribution >= 4 is 17.4 Å². The second-order valence-electron chi connectivity index (χ2n) is 4.16. The van der Waals surface area contributed by atoms with E-state index in [-0.39, 0.29) is 11.9 Å². The van der Waals surface area contributed by atoms with E-state index in [2.05, 4.69) is 24.1 Å². The zero-order chi connectivity index (χ0) is 11.4. The molecule has 0 saturated carbocycles. The van der Waals surface area contributed by atoms with Gasteiger partial charge in [-0.1, -0.05) is 25.4 Å². The molecule has 1 aromatic heterocycles. The van der Waals surface area contributed by atoms with E-state index in [0.717, 1.165) is 6.42 Å². The lowest BCUT2D eigenvalue weighted by atomic mass is 10.1. The van der Waals surface area contributed by atoms with Crippen molar-refractivity contribution in [2.45, 2.75) is 33.2 Å². The van der Waals surface area contributed by atoms with E-state index in [9.17, 15) is 4.39 Å². The Morgan fingerprint density at radius 3 is 2.67 bits per heavy atom. The predicted molar refractivity (Wildman–Crippen MR) is 61.7 cm³/mol. The average Bonchev–Trinajstić information content (AvgIpc) is 2.08. The molecule has 84 valence electrons. The molecule has 15 heavy (non-hydrogen) atoms. The molecule has 0 aliphatic heterocycles. The van der Waals surface area contributed by atoms with Gasteiger partial charge in [0.1, 0.15) is 0 Å². The maximum Gasteiger partial charge on any atom is 0.166 e. The summed E-state index contributed by atoms with van der Waals surface area (Å²) in [6, 6.07) is 1.46. The van der Waals surface area contributed by atoms with Crippen LogP contribution in [0.4, 0.5) is 10.2 Å². The lowest BCUT2D eigenvalue weighted by molar-refractivity contribution is 0.534. The topological polar surface area (TPSA) is 24.9 Å². The zero-order valence-electron chi connectivity index (χ0n) is 9.22. The predicted octanol–water partition coefficient (Wildman–Crippen LogP) is 3.72. The van der Waals surface area contributed by atoms with Gasteiger partial charge in [0.25, 0.3) is 0 Å². The van der Waals surface area contributed by atoms with Crippen molar-refractivity contribution in [3.05, 3.63) is 23.1 Å². The molecule has 1 atom stereocenters. The minimum absolute atomic E-state index is 0.202. The molecule has 0 aliphatic rings. The Bertz CT molecular complexity index is 328. The van der Waals surface area contributed by atoms with Crippen molar-refractivity contribution in [3.63, 3.8) is 0 Å². The third-order valence-electron chi connectivity index (χ3n) is 2.02. The van der Waals surface area contributed by atoms with Crippen molar-refractivity contribution in [2.24, 2.45) is 5.92 Å². The average molecular weight is 231 g/mol. The number of aromatic nitrogens is 1. The van der Waals surface area contributed by atoms with E-state index < -0.39 is 5.82 Å². The van der Waals surface area contributed by atoms with Gasteiger partial charge in [-0.15, -0.1) is 0 Å². The van der Waals surface area contributed by atoms with Crippen molar-refractivity contribution in [1.29, 1.82) is 0 Å². The smallest absolute Gasteiger partial charge is 0.166 e. The molecule has 0 aliphatic carbocycles. The summed E-state index contributed by atoms with van der Waals surface area (Å²) in [6.07, 6.45) is 2.42. The summed E-state index contributed by atoms with van der Waals surface area (Å²) in [5, 5.41) is 3.34. The van der Waals surface area contributed by atoms with Gasteiger partial charge in [0.05, 0.1) is 5.02 Å². The van der Waals surface area contributed by atoms with E-state index >= 15 is 0 Å². The Kier molecular flexibility index (Phi) is 4.33. The first-order valence-corrected chi connectivity index (χ1v) is 5.44. The molecule has 0 radical (unpaired) electrons.